The van der Waals surface area contributed by atoms with E-state index >= 15 is 0 Å². The van der Waals surface area contributed by atoms with Crippen LogP contribution in [-0.2, 0) is 6.61 Å². The monoisotopic (exact) mass is 253 g/mol. The van der Waals surface area contributed by atoms with Crippen LogP contribution in [0.2, 0.25) is 0 Å². The second-order valence-corrected chi connectivity index (χ2v) is 4.66. The van der Waals surface area contributed by atoms with Crippen LogP contribution in [0.3, 0.4) is 0 Å². The van der Waals surface area contributed by atoms with Gasteiger partial charge < -0.3 is 4.74 Å². The lowest BCUT2D eigenvalue weighted by Crippen LogP contribution is -2.14. The highest BCUT2D eigenvalue weighted by Crippen LogP contribution is 2.20. The maximum atomic E-state index is 5.77. The molecule has 1 N–H and O–H groups in total. The van der Waals surface area contributed by atoms with Gasteiger partial charge in [-0.05, 0) is 23.3 Å². The Hall–Kier alpha value is -1.84. The van der Waals surface area contributed by atoms with Gasteiger partial charge in [-0.25, -0.2) is 5.32 Å². The molecule has 1 unspecified atom stereocenters. The second kappa shape index (κ2) is 5.87. The molecule has 3 heteroatoms. The minimum Gasteiger partial charge on any atom is -0.489 e. The predicted octanol–water partition coefficient (Wildman–Crippen LogP) is 2.47. The molecule has 19 heavy (non-hydrogen) atoms. The van der Waals surface area contributed by atoms with E-state index in [0.29, 0.717) is 12.6 Å². The average molecular weight is 253 g/mol. The first-order chi connectivity index (χ1) is 9.42. The van der Waals surface area contributed by atoms with E-state index in [1.807, 2.05) is 30.3 Å². The Bertz CT molecular complexity index is 504. The van der Waals surface area contributed by atoms with E-state index in [1.54, 1.807) is 0 Å². The summed E-state index contributed by atoms with van der Waals surface area (Å²) in [5, 5.41) is 7.64. The smallest absolute Gasteiger partial charge is 0.119 e. The van der Waals surface area contributed by atoms with Gasteiger partial charge in [-0.2, -0.15) is 0 Å². The van der Waals surface area contributed by atoms with Crippen LogP contribution in [0, 0.1) is 0 Å². The molecule has 0 aromatic heterocycles. The summed E-state index contributed by atoms with van der Waals surface area (Å²) in [6, 6.07) is 18.8. The topological polar surface area (TPSA) is 35.4 Å². The van der Waals surface area contributed by atoms with E-state index in [1.165, 1.54) is 11.1 Å². The van der Waals surface area contributed by atoms with Crippen LogP contribution < -0.4 is 15.4 Å². The van der Waals surface area contributed by atoms with Gasteiger partial charge in [0, 0.05) is 12.6 Å². The molecular weight excluding hydrogens is 236 g/mol. The quantitative estimate of drug-likeness (QED) is 0.908. The Kier molecular flexibility index (Phi) is 3.77. The first-order valence-electron chi connectivity index (χ1n) is 6.55. The molecule has 2 aromatic carbocycles. The molecule has 0 spiro atoms. The summed E-state index contributed by atoms with van der Waals surface area (Å²) in [4.78, 5) is 0. The molecule has 0 bridgehead atoms. The average Bonchev–Trinajstić information content (AvgIpc) is 3.01. The van der Waals surface area contributed by atoms with Crippen molar-refractivity contribution in [2.75, 3.05) is 13.2 Å². The third-order valence-electron chi connectivity index (χ3n) is 3.29. The normalized spacial score (nSPS) is 18.4. The SMILES string of the molecule is c1ccc(COc2ccc(C3C[N]CN3)cc2)cc1. The first kappa shape index (κ1) is 12.2. The summed E-state index contributed by atoms with van der Waals surface area (Å²) >= 11 is 0. The summed E-state index contributed by atoms with van der Waals surface area (Å²) in [6.07, 6.45) is 0. The van der Waals surface area contributed by atoms with E-state index in [9.17, 15) is 0 Å². The number of nitrogens with zero attached hydrogens (tertiary/aromatic N) is 1. The van der Waals surface area contributed by atoms with E-state index < -0.39 is 0 Å². The van der Waals surface area contributed by atoms with Crippen LogP contribution >= 0.6 is 0 Å². The Morgan fingerprint density at radius 3 is 2.53 bits per heavy atom. The molecule has 1 atom stereocenters. The van der Waals surface area contributed by atoms with Crippen molar-refractivity contribution in [3.8, 4) is 5.75 Å². The largest absolute Gasteiger partial charge is 0.489 e. The van der Waals surface area contributed by atoms with Crippen molar-refractivity contribution in [1.29, 1.82) is 0 Å². The standard InChI is InChI=1S/C16H17N2O/c1-2-4-13(5-3-1)11-19-15-8-6-14(7-9-15)16-10-17-12-18-16/h1-9,16,18H,10-12H2. The Labute approximate surface area is 113 Å². The predicted molar refractivity (Wildman–Crippen MR) is 75.0 cm³/mol. The molecule has 1 saturated heterocycles. The van der Waals surface area contributed by atoms with Gasteiger partial charge in [-0.3, -0.25) is 5.32 Å². The highest BCUT2D eigenvalue weighted by Gasteiger charge is 2.16. The van der Waals surface area contributed by atoms with Crippen LogP contribution in [0.5, 0.6) is 5.75 Å². The lowest BCUT2D eigenvalue weighted by molar-refractivity contribution is 0.306. The summed E-state index contributed by atoms with van der Waals surface area (Å²) in [5.41, 5.74) is 2.45. The van der Waals surface area contributed by atoms with Gasteiger partial charge >= 0.3 is 0 Å². The molecular formula is C16H17N2O. The number of hydrogen-bond donors (Lipinski definition) is 1. The zero-order valence-corrected chi connectivity index (χ0v) is 10.8. The molecule has 1 heterocycles. The van der Waals surface area contributed by atoms with Crippen molar-refractivity contribution in [3.63, 3.8) is 0 Å². The number of nitrogens with one attached hydrogen (secondary N) is 1. The molecule has 2 aromatic rings. The van der Waals surface area contributed by atoms with Crippen LogP contribution in [0.25, 0.3) is 0 Å². The molecule has 1 aliphatic heterocycles. The van der Waals surface area contributed by atoms with Crippen molar-refractivity contribution in [2.45, 2.75) is 12.6 Å². The van der Waals surface area contributed by atoms with E-state index in [-0.39, 0.29) is 0 Å². The number of rotatable bonds is 4. The zero-order valence-electron chi connectivity index (χ0n) is 10.8. The summed E-state index contributed by atoms with van der Waals surface area (Å²) in [5.74, 6) is 0.905. The third kappa shape index (κ3) is 3.13. The van der Waals surface area contributed by atoms with Gasteiger partial charge in [0.25, 0.3) is 0 Å². The van der Waals surface area contributed by atoms with Gasteiger partial charge in [0.1, 0.15) is 12.4 Å². The van der Waals surface area contributed by atoms with Crippen molar-refractivity contribution in [2.24, 2.45) is 0 Å². The van der Waals surface area contributed by atoms with Crippen LogP contribution in [0.1, 0.15) is 17.2 Å². The molecule has 1 aliphatic rings. The second-order valence-electron chi connectivity index (χ2n) is 4.66. The Balaban J connectivity index is 1.60. The number of benzene rings is 2. The summed E-state index contributed by atoms with van der Waals surface area (Å²) < 4.78 is 5.77. The molecule has 3 nitrogen and oxygen atoms in total. The maximum absolute atomic E-state index is 5.77. The van der Waals surface area contributed by atoms with Crippen molar-refractivity contribution < 1.29 is 4.74 Å². The zero-order chi connectivity index (χ0) is 12.9. The molecule has 1 fully saturated rings. The van der Waals surface area contributed by atoms with E-state index in [0.717, 1.165) is 19.0 Å². The fourth-order valence-electron chi connectivity index (χ4n) is 2.19. The van der Waals surface area contributed by atoms with Gasteiger partial charge in [0.15, 0.2) is 0 Å². The Morgan fingerprint density at radius 1 is 1.05 bits per heavy atom. The van der Waals surface area contributed by atoms with Crippen molar-refractivity contribution >= 4 is 0 Å². The minimum atomic E-state index is 0.364. The van der Waals surface area contributed by atoms with Gasteiger partial charge in [-0.15, -0.1) is 0 Å². The molecule has 97 valence electrons. The molecule has 0 aliphatic carbocycles. The first-order valence-corrected chi connectivity index (χ1v) is 6.55. The fourth-order valence-corrected chi connectivity index (χ4v) is 2.19. The van der Waals surface area contributed by atoms with Gasteiger partial charge in [-0.1, -0.05) is 42.5 Å². The lowest BCUT2D eigenvalue weighted by Gasteiger charge is -2.11. The van der Waals surface area contributed by atoms with Crippen molar-refractivity contribution in [1.82, 2.24) is 10.6 Å². The van der Waals surface area contributed by atoms with Crippen LogP contribution in [0.4, 0.5) is 0 Å². The minimum absolute atomic E-state index is 0.364. The van der Waals surface area contributed by atoms with Gasteiger partial charge in [0.2, 0.25) is 0 Å². The van der Waals surface area contributed by atoms with Gasteiger partial charge in [0.05, 0.1) is 6.67 Å². The number of hydrogen-bond acceptors (Lipinski definition) is 2. The highest BCUT2D eigenvalue weighted by molar-refractivity contribution is 5.30. The van der Waals surface area contributed by atoms with Crippen molar-refractivity contribution in [3.05, 3.63) is 65.7 Å². The molecule has 3 rings (SSSR count). The summed E-state index contributed by atoms with van der Waals surface area (Å²) in [6.45, 7) is 2.23. The maximum Gasteiger partial charge on any atom is 0.119 e. The van der Waals surface area contributed by atoms with Crippen LogP contribution in [0.15, 0.2) is 54.6 Å². The van der Waals surface area contributed by atoms with E-state index in [2.05, 4.69) is 34.9 Å². The molecule has 1 radical (unpaired) electrons. The highest BCUT2D eigenvalue weighted by atomic mass is 16.5. The fraction of sp³-hybridized carbons (Fsp3) is 0.250. The van der Waals surface area contributed by atoms with E-state index in [4.69, 9.17) is 4.74 Å². The Morgan fingerprint density at radius 2 is 1.84 bits per heavy atom. The molecule has 0 amide bonds. The van der Waals surface area contributed by atoms with Crippen LogP contribution in [-0.4, -0.2) is 13.2 Å². The third-order valence-corrected chi connectivity index (χ3v) is 3.29. The lowest BCUT2D eigenvalue weighted by atomic mass is 10.1. The molecule has 0 saturated carbocycles. The number of ether oxygens (including phenoxy) is 1. The summed E-state index contributed by atoms with van der Waals surface area (Å²) in [7, 11) is 0.